The predicted molar refractivity (Wildman–Crippen MR) is 66.0 cm³/mol. The van der Waals surface area contributed by atoms with Gasteiger partial charge in [-0.25, -0.2) is 0 Å². The fourth-order valence-corrected chi connectivity index (χ4v) is 2.28. The summed E-state index contributed by atoms with van der Waals surface area (Å²) in [5, 5.41) is 3.35. The molecule has 2 heteroatoms. The Morgan fingerprint density at radius 2 is 2.21 bits per heavy atom. The fourth-order valence-electron chi connectivity index (χ4n) is 1.36. The average Bonchev–Trinajstić information content (AvgIpc) is 2.45. The monoisotopic (exact) mass is 209 g/mol. The van der Waals surface area contributed by atoms with Gasteiger partial charge in [-0.3, -0.25) is 0 Å². The lowest BCUT2D eigenvalue weighted by molar-refractivity contribution is 0.730. The van der Waals surface area contributed by atoms with Gasteiger partial charge < -0.3 is 5.32 Å². The van der Waals surface area contributed by atoms with E-state index < -0.39 is 0 Å². The van der Waals surface area contributed by atoms with Crippen LogP contribution in [-0.2, 0) is 0 Å². The van der Waals surface area contributed by atoms with Gasteiger partial charge in [-0.2, -0.15) is 0 Å². The molecule has 0 amide bonds. The molecule has 1 aromatic rings. The van der Waals surface area contributed by atoms with E-state index in [0.29, 0.717) is 0 Å². The minimum atomic E-state index is 0.974. The molecule has 1 nitrogen and oxygen atoms in total. The lowest BCUT2D eigenvalue weighted by atomic mass is 10.2. The summed E-state index contributed by atoms with van der Waals surface area (Å²) in [7, 11) is 0. The average molecular weight is 209 g/mol. The lowest BCUT2D eigenvalue weighted by Crippen LogP contribution is -2.13. The molecule has 0 atom stereocenters. The summed E-state index contributed by atoms with van der Waals surface area (Å²) >= 11 is 1.87. The Labute approximate surface area is 90.9 Å². The molecule has 0 saturated carbocycles. The first-order valence-corrected chi connectivity index (χ1v) is 6.00. The topological polar surface area (TPSA) is 12.0 Å². The highest BCUT2D eigenvalue weighted by Crippen LogP contribution is 2.21. The molecule has 0 spiro atoms. The van der Waals surface area contributed by atoms with Crippen LogP contribution >= 0.6 is 11.3 Å². The maximum absolute atomic E-state index is 3.35. The second kappa shape index (κ2) is 5.99. The third-order valence-corrected chi connectivity index (χ3v) is 3.05. The SMILES string of the molecule is CCCNCC=Cc1cc(C)sc1C. The van der Waals surface area contributed by atoms with Crippen molar-refractivity contribution < 1.29 is 0 Å². The lowest BCUT2D eigenvalue weighted by Gasteiger charge is -1.96. The summed E-state index contributed by atoms with van der Waals surface area (Å²) in [6.45, 7) is 8.60. The Balaban J connectivity index is 2.39. The number of aryl methyl sites for hydroxylation is 2. The van der Waals surface area contributed by atoms with Crippen molar-refractivity contribution in [2.45, 2.75) is 27.2 Å². The van der Waals surface area contributed by atoms with Crippen molar-refractivity contribution in [2.24, 2.45) is 0 Å². The van der Waals surface area contributed by atoms with Gasteiger partial charge >= 0.3 is 0 Å². The van der Waals surface area contributed by atoms with Gasteiger partial charge in [0, 0.05) is 16.3 Å². The molecular weight excluding hydrogens is 190 g/mol. The summed E-state index contributed by atoms with van der Waals surface area (Å²) in [5.41, 5.74) is 1.37. The number of rotatable bonds is 5. The number of hydrogen-bond acceptors (Lipinski definition) is 2. The highest BCUT2D eigenvalue weighted by molar-refractivity contribution is 7.12. The zero-order valence-corrected chi connectivity index (χ0v) is 10.1. The summed E-state index contributed by atoms with van der Waals surface area (Å²) < 4.78 is 0. The molecule has 0 aliphatic rings. The maximum atomic E-state index is 3.35. The zero-order chi connectivity index (χ0) is 10.4. The van der Waals surface area contributed by atoms with E-state index in [0.717, 1.165) is 13.1 Å². The van der Waals surface area contributed by atoms with Crippen LogP contribution in [0.1, 0.15) is 28.7 Å². The maximum Gasteiger partial charge on any atom is 0.0138 e. The van der Waals surface area contributed by atoms with E-state index in [2.05, 4.69) is 44.3 Å². The first-order valence-electron chi connectivity index (χ1n) is 5.18. The Kier molecular flexibility index (Phi) is 4.91. The van der Waals surface area contributed by atoms with Crippen molar-refractivity contribution in [3.05, 3.63) is 27.5 Å². The molecule has 78 valence electrons. The minimum Gasteiger partial charge on any atom is -0.313 e. The summed E-state index contributed by atoms with van der Waals surface area (Å²) in [6, 6.07) is 2.25. The smallest absolute Gasteiger partial charge is 0.0138 e. The largest absolute Gasteiger partial charge is 0.313 e. The first kappa shape index (κ1) is 11.5. The molecule has 0 fully saturated rings. The quantitative estimate of drug-likeness (QED) is 0.733. The van der Waals surface area contributed by atoms with Gasteiger partial charge in [-0.1, -0.05) is 19.1 Å². The molecule has 1 heterocycles. The Morgan fingerprint density at radius 3 is 2.79 bits per heavy atom. The number of thiophene rings is 1. The van der Waals surface area contributed by atoms with E-state index in [4.69, 9.17) is 0 Å². The summed E-state index contributed by atoms with van der Waals surface area (Å²) in [5.74, 6) is 0. The van der Waals surface area contributed by atoms with E-state index in [1.165, 1.54) is 21.7 Å². The van der Waals surface area contributed by atoms with Crippen LogP contribution in [-0.4, -0.2) is 13.1 Å². The van der Waals surface area contributed by atoms with Gasteiger partial charge in [0.15, 0.2) is 0 Å². The van der Waals surface area contributed by atoms with Crippen LogP contribution in [0.15, 0.2) is 12.1 Å². The Morgan fingerprint density at radius 1 is 1.43 bits per heavy atom. The van der Waals surface area contributed by atoms with Crippen LogP contribution in [0.3, 0.4) is 0 Å². The highest BCUT2D eigenvalue weighted by Gasteiger charge is 1.97. The van der Waals surface area contributed by atoms with Gasteiger partial charge in [0.05, 0.1) is 0 Å². The Hall–Kier alpha value is -0.600. The van der Waals surface area contributed by atoms with Crippen molar-refractivity contribution >= 4 is 17.4 Å². The van der Waals surface area contributed by atoms with Gasteiger partial charge in [-0.15, -0.1) is 11.3 Å². The molecule has 0 saturated heterocycles. The van der Waals surface area contributed by atoms with Crippen molar-refractivity contribution in [1.82, 2.24) is 5.32 Å². The van der Waals surface area contributed by atoms with Crippen molar-refractivity contribution in [3.63, 3.8) is 0 Å². The third kappa shape index (κ3) is 3.64. The number of hydrogen-bond donors (Lipinski definition) is 1. The standard InChI is InChI=1S/C12H19NS/c1-4-7-13-8-5-6-12-9-10(2)14-11(12)3/h5-6,9,13H,4,7-8H2,1-3H3. The third-order valence-electron chi connectivity index (χ3n) is 2.07. The summed E-state index contributed by atoms with van der Waals surface area (Å²) in [6.07, 6.45) is 5.61. The Bertz CT molecular complexity index is 299. The highest BCUT2D eigenvalue weighted by atomic mass is 32.1. The molecule has 14 heavy (non-hydrogen) atoms. The second-order valence-electron chi connectivity index (χ2n) is 3.48. The normalized spacial score (nSPS) is 11.4. The van der Waals surface area contributed by atoms with Crippen LogP contribution in [0.25, 0.3) is 6.08 Å². The van der Waals surface area contributed by atoms with Crippen molar-refractivity contribution in [2.75, 3.05) is 13.1 Å². The number of nitrogens with one attached hydrogen (secondary N) is 1. The van der Waals surface area contributed by atoms with Crippen LogP contribution in [0.5, 0.6) is 0 Å². The molecule has 1 aromatic heterocycles. The molecule has 1 N–H and O–H groups in total. The van der Waals surface area contributed by atoms with Gasteiger partial charge in [0.25, 0.3) is 0 Å². The molecule has 0 aromatic carbocycles. The molecule has 1 rings (SSSR count). The predicted octanol–water partition coefficient (Wildman–Crippen LogP) is 3.38. The molecule has 0 bridgehead atoms. The fraction of sp³-hybridized carbons (Fsp3) is 0.500. The molecule has 0 radical (unpaired) electrons. The zero-order valence-electron chi connectivity index (χ0n) is 9.26. The minimum absolute atomic E-state index is 0.974. The van der Waals surface area contributed by atoms with E-state index >= 15 is 0 Å². The van der Waals surface area contributed by atoms with E-state index in [1.807, 2.05) is 11.3 Å². The van der Waals surface area contributed by atoms with E-state index in [9.17, 15) is 0 Å². The van der Waals surface area contributed by atoms with Crippen molar-refractivity contribution in [1.29, 1.82) is 0 Å². The van der Waals surface area contributed by atoms with E-state index in [-0.39, 0.29) is 0 Å². The van der Waals surface area contributed by atoms with Crippen LogP contribution in [0.4, 0.5) is 0 Å². The van der Waals surface area contributed by atoms with Crippen LogP contribution in [0, 0.1) is 13.8 Å². The molecule has 0 unspecified atom stereocenters. The van der Waals surface area contributed by atoms with Gasteiger partial charge in [-0.05, 0) is 38.4 Å². The molecule has 0 aliphatic heterocycles. The first-order chi connectivity index (χ1) is 6.74. The van der Waals surface area contributed by atoms with Crippen LogP contribution < -0.4 is 5.32 Å². The van der Waals surface area contributed by atoms with Gasteiger partial charge in [0.2, 0.25) is 0 Å². The van der Waals surface area contributed by atoms with Crippen molar-refractivity contribution in [3.8, 4) is 0 Å². The molecular formula is C12H19NS. The van der Waals surface area contributed by atoms with Crippen LogP contribution in [0.2, 0.25) is 0 Å². The summed E-state index contributed by atoms with van der Waals surface area (Å²) in [4.78, 5) is 2.80. The van der Waals surface area contributed by atoms with Gasteiger partial charge in [0.1, 0.15) is 0 Å². The second-order valence-corrected chi connectivity index (χ2v) is 4.94. The van der Waals surface area contributed by atoms with E-state index in [1.54, 1.807) is 0 Å². The molecule has 0 aliphatic carbocycles.